The highest BCUT2D eigenvalue weighted by Gasteiger charge is 2.60. The fourth-order valence-electron chi connectivity index (χ4n) is 4.48. The molecule has 6 heteroatoms. The number of ether oxygens (including phenoxy) is 1. The molecule has 3 aromatic rings. The van der Waals surface area contributed by atoms with Crippen LogP contribution in [0.15, 0.2) is 78.9 Å². The molecular formula is C27H26N2O4. The predicted molar refractivity (Wildman–Crippen MR) is 126 cm³/mol. The van der Waals surface area contributed by atoms with Gasteiger partial charge in [0.1, 0.15) is 11.7 Å². The van der Waals surface area contributed by atoms with Crippen molar-refractivity contribution in [2.45, 2.75) is 32.4 Å². The lowest BCUT2D eigenvalue weighted by atomic mass is 9.90. The zero-order chi connectivity index (χ0) is 22.9. The number of aryl methyl sites for hydroxylation is 1. The number of carbonyl (C=O) groups is 2. The van der Waals surface area contributed by atoms with E-state index in [0.29, 0.717) is 18.0 Å². The highest BCUT2D eigenvalue weighted by molar-refractivity contribution is 6.23. The molecule has 0 aliphatic carbocycles. The number of para-hydroxylation sites is 1. The summed E-state index contributed by atoms with van der Waals surface area (Å²) >= 11 is 0. The van der Waals surface area contributed by atoms with E-state index in [-0.39, 0.29) is 11.8 Å². The standard InChI is InChI=1S/C27H26N2O4/c1-3-17-32-22-15-13-20(14-16-22)28-26(30)23-24(19-11-9-18(2)10-12-19)29(33-25(23)27(28)31)21-7-5-4-6-8-21/h4-16,23-25H,3,17H2,1-2H3/t23-,24-,25-/m0/s1. The van der Waals surface area contributed by atoms with Gasteiger partial charge in [-0.1, -0.05) is 55.0 Å². The predicted octanol–water partition coefficient (Wildman–Crippen LogP) is 4.83. The van der Waals surface area contributed by atoms with Gasteiger partial charge in [0.25, 0.3) is 5.91 Å². The highest BCUT2D eigenvalue weighted by Crippen LogP contribution is 2.47. The maximum atomic E-state index is 13.6. The van der Waals surface area contributed by atoms with Crippen molar-refractivity contribution in [2.24, 2.45) is 5.92 Å². The van der Waals surface area contributed by atoms with Crippen molar-refractivity contribution in [2.75, 3.05) is 16.6 Å². The molecule has 0 bridgehead atoms. The average Bonchev–Trinajstić information content (AvgIpc) is 3.35. The number of carbonyl (C=O) groups excluding carboxylic acids is 2. The zero-order valence-electron chi connectivity index (χ0n) is 18.7. The van der Waals surface area contributed by atoms with Gasteiger partial charge in [0.2, 0.25) is 5.91 Å². The minimum Gasteiger partial charge on any atom is -0.494 e. The Morgan fingerprint density at radius 3 is 2.21 bits per heavy atom. The van der Waals surface area contributed by atoms with E-state index in [0.717, 1.165) is 23.2 Å². The van der Waals surface area contributed by atoms with Crippen molar-refractivity contribution in [1.82, 2.24) is 0 Å². The summed E-state index contributed by atoms with van der Waals surface area (Å²) in [7, 11) is 0. The largest absolute Gasteiger partial charge is 0.494 e. The topological polar surface area (TPSA) is 59.1 Å². The van der Waals surface area contributed by atoms with Crippen molar-refractivity contribution >= 4 is 23.2 Å². The number of nitrogens with zero attached hydrogens (tertiary/aromatic N) is 2. The SMILES string of the molecule is CCCOc1ccc(N2C(=O)[C@@H]3[C@H](ON(c4ccccc4)[C@H]3c3ccc(C)cc3)C2=O)cc1. The lowest BCUT2D eigenvalue weighted by Crippen LogP contribution is -2.37. The minimum absolute atomic E-state index is 0.253. The molecule has 168 valence electrons. The molecule has 0 saturated carbocycles. The number of rotatable bonds is 6. The van der Waals surface area contributed by atoms with E-state index >= 15 is 0 Å². The summed E-state index contributed by atoms with van der Waals surface area (Å²) < 4.78 is 5.63. The van der Waals surface area contributed by atoms with Crippen LogP contribution in [0, 0.1) is 12.8 Å². The summed E-state index contributed by atoms with van der Waals surface area (Å²) in [5.74, 6) is -0.528. The average molecular weight is 443 g/mol. The quantitative estimate of drug-likeness (QED) is 0.512. The smallest absolute Gasteiger partial charge is 0.266 e. The van der Waals surface area contributed by atoms with Gasteiger partial charge < -0.3 is 4.74 Å². The summed E-state index contributed by atoms with van der Waals surface area (Å²) in [5.41, 5.74) is 3.40. The molecule has 2 amide bonds. The van der Waals surface area contributed by atoms with Gasteiger partial charge in [-0.2, -0.15) is 0 Å². The molecular weight excluding hydrogens is 416 g/mol. The van der Waals surface area contributed by atoms with Crippen molar-refractivity contribution in [3.05, 3.63) is 90.0 Å². The van der Waals surface area contributed by atoms with Crippen LogP contribution in [0.2, 0.25) is 0 Å². The van der Waals surface area contributed by atoms with Crippen LogP contribution in [0.3, 0.4) is 0 Å². The van der Waals surface area contributed by atoms with Crippen LogP contribution in [-0.2, 0) is 14.4 Å². The van der Waals surface area contributed by atoms with Crippen LogP contribution >= 0.6 is 0 Å². The molecule has 0 unspecified atom stereocenters. The van der Waals surface area contributed by atoms with Gasteiger partial charge in [-0.05, 0) is 55.3 Å². The number of hydrogen-bond acceptors (Lipinski definition) is 5. The zero-order valence-corrected chi connectivity index (χ0v) is 18.7. The molecule has 2 fully saturated rings. The maximum Gasteiger partial charge on any atom is 0.266 e. The third-order valence-corrected chi connectivity index (χ3v) is 6.11. The Morgan fingerprint density at radius 1 is 0.848 bits per heavy atom. The minimum atomic E-state index is -0.875. The molecule has 3 aromatic carbocycles. The normalized spacial score (nSPS) is 22.1. The fraction of sp³-hybridized carbons (Fsp3) is 0.259. The monoisotopic (exact) mass is 442 g/mol. The van der Waals surface area contributed by atoms with Gasteiger partial charge in [0.05, 0.1) is 24.0 Å². The number of hydroxylamine groups is 1. The van der Waals surface area contributed by atoms with Crippen molar-refractivity contribution in [3.8, 4) is 5.75 Å². The first-order valence-corrected chi connectivity index (χ1v) is 11.3. The molecule has 0 spiro atoms. The summed E-state index contributed by atoms with van der Waals surface area (Å²) in [5, 5.41) is 1.72. The first kappa shape index (κ1) is 21.2. The van der Waals surface area contributed by atoms with Gasteiger partial charge >= 0.3 is 0 Å². The van der Waals surface area contributed by atoms with Gasteiger partial charge in [-0.3, -0.25) is 14.4 Å². The number of anilines is 2. The molecule has 2 aliphatic heterocycles. The van der Waals surface area contributed by atoms with E-state index in [9.17, 15) is 9.59 Å². The van der Waals surface area contributed by atoms with Gasteiger partial charge in [0, 0.05) is 0 Å². The Balaban J connectivity index is 1.49. The van der Waals surface area contributed by atoms with E-state index < -0.39 is 18.1 Å². The van der Waals surface area contributed by atoms with Crippen LogP contribution in [-0.4, -0.2) is 24.5 Å². The molecule has 0 radical (unpaired) electrons. The van der Waals surface area contributed by atoms with Crippen molar-refractivity contribution in [1.29, 1.82) is 0 Å². The van der Waals surface area contributed by atoms with E-state index in [1.165, 1.54) is 4.90 Å². The first-order chi connectivity index (χ1) is 16.1. The summed E-state index contributed by atoms with van der Waals surface area (Å²) in [4.78, 5) is 34.5. The van der Waals surface area contributed by atoms with Gasteiger partial charge in [-0.15, -0.1) is 0 Å². The molecule has 0 N–H and O–H groups in total. The molecule has 5 rings (SSSR count). The second-order valence-corrected chi connectivity index (χ2v) is 8.42. The molecule has 3 atom stereocenters. The Bertz CT molecular complexity index is 1150. The lowest BCUT2D eigenvalue weighted by Gasteiger charge is -2.28. The van der Waals surface area contributed by atoms with Gasteiger partial charge in [0.15, 0.2) is 6.10 Å². The van der Waals surface area contributed by atoms with E-state index in [1.54, 1.807) is 29.3 Å². The van der Waals surface area contributed by atoms with Crippen LogP contribution in [0.4, 0.5) is 11.4 Å². The molecule has 33 heavy (non-hydrogen) atoms. The molecule has 2 saturated heterocycles. The second-order valence-electron chi connectivity index (χ2n) is 8.42. The Kier molecular flexibility index (Phi) is 5.60. The number of hydrogen-bond donors (Lipinski definition) is 0. The third kappa shape index (κ3) is 3.76. The molecule has 2 heterocycles. The van der Waals surface area contributed by atoms with Crippen molar-refractivity contribution in [3.63, 3.8) is 0 Å². The van der Waals surface area contributed by atoms with Gasteiger partial charge in [-0.25, -0.2) is 9.96 Å². The van der Waals surface area contributed by atoms with Crippen LogP contribution in [0.25, 0.3) is 0 Å². The van der Waals surface area contributed by atoms with Crippen molar-refractivity contribution < 1.29 is 19.2 Å². The van der Waals surface area contributed by atoms with Crippen LogP contribution in [0.5, 0.6) is 5.75 Å². The molecule has 2 aliphatic rings. The Hall–Kier alpha value is -3.64. The Morgan fingerprint density at radius 2 is 1.55 bits per heavy atom. The van der Waals surface area contributed by atoms with E-state index in [2.05, 4.69) is 0 Å². The third-order valence-electron chi connectivity index (χ3n) is 6.11. The first-order valence-electron chi connectivity index (χ1n) is 11.3. The molecule has 6 nitrogen and oxygen atoms in total. The number of benzene rings is 3. The highest BCUT2D eigenvalue weighted by atomic mass is 16.7. The Labute approximate surface area is 193 Å². The maximum absolute atomic E-state index is 13.6. The molecule has 0 aromatic heterocycles. The summed E-state index contributed by atoms with van der Waals surface area (Å²) in [6, 6.07) is 24.3. The summed E-state index contributed by atoms with van der Waals surface area (Å²) in [6.07, 6.45) is 0.0316. The lowest BCUT2D eigenvalue weighted by molar-refractivity contribution is -0.126. The second kappa shape index (κ2) is 8.71. The fourth-order valence-corrected chi connectivity index (χ4v) is 4.48. The number of amides is 2. The van der Waals surface area contributed by atoms with Crippen LogP contribution in [0.1, 0.15) is 30.5 Å². The summed E-state index contributed by atoms with van der Waals surface area (Å²) in [6.45, 7) is 4.68. The number of imide groups is 1. The van der Waals surface area contributed by atoms with Crippen LogP contribution < -0.4 is 14.7 Å². The van der Waals surface area contributed by atoms with E-state index in [1.807, 2.05) is 68.4 Å². The van der Waals surface area contributed by atoms with E-state index in [4.69, 9.17) is 9.57 Å². The number of fused-ring (bicyclic) bond motifs is 1.